The van der Waals surface area contributed by atoms with E-state index >= 15 is 0 Å². The van der Waals surface area contributed by atoms with Crippen LogP contribution in [0.4, 0.5) is 0 Å². The quantitative estimate of drug-likeness (QED) is 0.466. The summed E-state index contributed by atoms with van der Waals surface area (Å²) >= 11 is 10.6. The van der Waals surface area contributed by atoms with Gasteiger partial charge in [-0.1, -0.05) is 13.3 Å². The van der Waals surface area contributed by atoms with Crippen LogP contribution in [0.25, 0.3) is 0 Å². The molecule has 1 atom stereocenters. The number of alkyl halides is 1. The maximum atomic E-state index is 10.3. The summed E-state index contributed by atoms with van der Waals surface area (Å²) in [5.41, 5.74) is 0. The number of carbonyl (C=O) groups excluding carboxylic acids is 1. The van der Waals surface area contributed by atoms with Crippen molar-refractivity contribution in [2.24, 2.45) is 5.92 Å². The van der Waals surface area contributed by atoms with Gasteiger partial charge in [-0.3, -0.25) is 4.79 Å². The Labute approximate surface area is 65.3 Å². The molecule has 0 spiro atoms. The number of rotatable bonds is 4. The van der Waals surface area contributed by atoms with Gasteiger partial charge in [0.25, 0.3) is 0 Å². The Morgan fingerprint density at radius 1 is 1.67 bits per heavy atom. The number of hydrogen-bond acceptors (Lipinski definition) is 1. The third-order valence-corrected chi connectivity index (χ3v) is 1.84. The van der Waals surface area contributed by atoms with Gasteiger partial charge in [0, 0.05) is 12.3 Å². The molecule has 0 bridgehead atoms. The predicted molar refractivity (Wildman–Crippen MR) is 40.0 cm³/mol. The average Bonchev–Trinajstić information content (AvgIpc) is 1.82. The molecule has 0 rings (SSSR count). The molecule has 54 valence electrons. The fraction of sp³-hybridized carbons (Fsp3) is 0.833. The van der Waals surface area contributed by atoms with Crippen LogP contribution >= 0.6 is 23.2 Å². The van der Waals surface area contributed by atoms with E-state index in [1.807, 2.05) is 6.92 Å². The zero-order valence-electron chi connectivity index (χ0n) is 5.36. The summed E-state index contributed by atoms with van der Waals surface area (Å²) in [6.45, 7) is 1.99. The highest BCUT2D eigenvalue weighted by molar-refractivity contribution is 6.63. The van der Waals surface area contributed by atoms with Crippen LogP contribution in [0.1, 0.15) is 19.8 Å². The van der Waals surface area contributed by atoms with Crippen molar-refractivity contribution in [2.45, 2.75) is 19.8 Å². The van der Waals surface area contributed by atoms with Crippen LogP contribution < -0.4 is 0 Å². The van der Waals surface area contributed by atoms with Gasteiger partial charge in [0.05, 0.1) is 0 Å². The molecule has 0 N–H and O–H groups in total. The van der Waals surface area contributed by atoms with Crippen LogP contribution in [0.5, 0.6) is 0 Å². The molecule has 3 heteroatoms. The molecule has 0 aliphatic heterocycles. The molecule has 0 aromatic rings. The lowest BCUT2D eigenvalue weighted by molar-refractivity contribution is -0.112. The lowest BCUT2D eigenvalue weighted by Crippen LogP contribution is -2.04. The van der Waals surface area contributed by atoms with Gasteiger partial charge >= 0.3 is 0 Å². The molecule has 9 heavy (non-hydrogen) atoms. The molecule has 0 radical (unpaired) electrons. The first-order valence-corrected chi connectivity index (χ1v) is 3.86. The molecule has 0 saturated heterocycles. The molecule has 0 amide bonds. The highest BCUT2D eigenvalue weighted by atomic mass is 35.5. The van der Waals surface area contributed by atoms with E-state index in [2.05, 4.69) is 0 Å². The summed E-state index contributed by atoms with van der Waals surface area (Å²) in [6.07, 6.45) is 1.32. The minimum Gasteiger partial charge on any atom is -0.281 e. The van der Waals surface area contributed by atoms with E-state index in [-0.39, 0.29) is 11.2 Å². The Bertz CT molecular complexity index is 89.1. The van der Waals surface area contributed by atoms with Gasteiger partial charge in [0.1, 0.15) is 0 Å². The molecule has 0 heterocycles. The summed E-state index contributed by atoms with van der Waals surface area (Å²) in [7, 11) is 0. The SMILES string of the molecule is CCC(CCl)CC(=O)Cl. The van der Waals surface area contributed by atoms with E-state index in [9.17, 15) is 4.79 Å². The van der Waals surface area contributed by atoms with E-state index < -0.39 is 0 Å². The van der Waals surface area contributed by atoms with E-state index in [1.54, 1.807) is 0 Å². The molecule has 0 aromatic heterocycles. The van der Waals surface area contributed by atoms with Crippen molar-refractivity contribution in [3.05, 3.63) is 0 Å². The highest BCUT2D eigenvalue weighted by Gasteiger charge is 2.07. The second-order valence-corrected chi connectivity index (χ2v) is 2.72. The molecule has 0 aliphatic carbocycles. The van der Waals surface area contributed by atoms with Crippen molar-refractivity contribution >= 4 is 28.4 Å². The average molecular weight is 169 g/mol. The number of carbonyl (C=O) groups is 1. The van der Waals surface area contributed by atoms with E-state index in [0.29, 0.717) is 12.3 Å². The minimum absolute atomic E-state index is 0.261. The second-order valence-electron chi connectivity index (χ2n) is 1.99. The molecule has 0 aliphatic rings. The Balaban J connectivity index is 3.43. The monoisotopic (exact) mass is 168 g/mol. The molecule has 1 unspecified atom stereocenters. The molecule has 0 fully saturated rings. The van der Waals surface area contributed by atoms with Crippen molar-refractivity contribution in [2.75, 3.05) is 5.88 Å². The van der Waals surface area contributed by atoms with Crippen LogP contribution in [0.2, 0.25) is 0 Å². The summed E-state index contributed by atoms with van der Waals surface area (Å²) in [5.74, 6) is 0.784. The summed E-state index contributed by atoms with van der Waals surface area (Å²) in [6, 6.07) is 0. The van der Waals surface area contributed by atoms with Crippen LogP contribution in [-0.2, 0) is 4.79 Å². The van der Waals surface area contributed by atoms with Gasteiger partial charge in [-0.2, -0.15) is 0 Å². The third kappa shape index (κ3) is 4.73. The smallest absolute Gasteiger partial charge is 0.221 e. The van der Waals surface area contributed by atoms with Crippen molar-refractivity contribution in [3.8, 4) is 0 Å². The largest absolute Gasteiger partial charge is 0.281 e. The first-order chi connectivity index (χ1) is 4.20. The fourth-order valence-corrected chi connectivity index (χ4v) is 1.08. The van der Waals surface area contributed by atoms with Crippen LogP contribution in [0.3, 0.4) is 0 Å². The van der Waals surface area contributed by atoms with E-state index in [1.165, 1.54) is 0 Å². The topological polar surface area (TPSA) is 17.1 Å². The third-order valence-electron chi connectivity index (χ3n) is 1.24. The van der Waals surface area contributed by atoms with Gasteiger partial charge in [0.2, 0.25) is 5.24 Å². The molecular formula is C6H10Cl2O. The van der Waals surface area contributed by atoms with Gasteiger partial charge in [-0.25, -0.2) is 0 Å². The minimum atomic E-state index is -0.289. The van der Waals surface area contributed by atoms with Gasteiger partial charge in [-0.05, 0) is 17.5 Å². The second kappa shape index (κ2) is 5.07. The Morgan fingerprint density at radius 2 is 2.22 bits per heavy atom. The van der Waals surface area contributed by atoms with Crippen molar-refractivity contribution < 1.29 is 4.79 Å². The normalized spacial score (nSPS) is 13.2. The predicted octanol–water partition coefficient (Wildman–Crippen LogP) is 2.41. The first-order valence-electron chi connectivity index (χ1n) is 2.95. The maximum absolute atomic E-state index is 10.3. The van der Waals surface area contributed by atoms with Crippen LogP contribution in [0.15, 0.2) is 0 Å². The van der Waals surface area contributed by atoms with Crippen molar-refractivity contribution in [3.63, 3.8) is 0 Å². The Morgan fingerprint density at radius 3 is 2.33 bits per heavy atom. The molecule has 0 saturated carbocycles. The highest BCUT2D eigenvalue weighted by Crippen LogP contribution is 2.11. The zero-order chi connectivity index (χ0) is 7.28. The van der Waals surface area contributed by atoms with Gasteiger partial charge < -0.3 is 0 Å². The number of halogens is 2. The van der Waals surface area contributed by atoms with Crippen molar-refractivity contribution in [1.29, 1.82) is 0 Å². The first kappa shape index (κ1) is 9.25. The molecule has 1 nitrogen and oxygen atoms in total. The standard InChI is InChI=1S/C6H10Cl2O/c1-2-5(4-7)3-6(8)9/h5H,2-4H2,1H3. The Kier molecular flexibility index (Phi) is 5.21. The molecular weight excluding hydrogens is 159 g/mol. The van der Waals surface area contributed by atoms with E-state index in [0.717, 1.165) is 6.42 Å². The van der Waals surface area contributed by atoms with Crippen LogP contribution in [0, 0.1) is 5.92 Å². The summed E-state index contributed by atoms with van der Waals surface area (Å²) in [5, 5.41) is -0.289. The Hall–Kier alpha value is 0.250. The van der Waals surface area contributed by atoms with Crippen LogP contribution in [-0.4, -0.2) is 11.1 Å². The number of hydrogen-bond donors (Lipinski definition) is 0. The lowest BCUT2D eigenvalue weighted by Gasteiger charge is -2.05. The summed E-state index contributed by atoms with van der Waals surface area (Å²) < 4.78 is 0. The van der Waals surface area contributed by atoms with Gasteiger partial charge in [-0.15, -0.1) is 11.6 Å². The summed E-state index contributed by atoms with van der Waals surface area (Å²) in [4.78, 5) is 10.3. The maximum Gasteiger partial charge on any atom is 0.221 e. The fourth-order valence-electron chi connectivity index (χ4n) is 0.535. The van der Waals surface area contributed by atoms with Crippen molar-refractivity contribution in [1.82, 2.24) is 0 Å². The van der Waals surface area contributed by atoms with Gasteiger partial charge in [0.15, 0.2) is 0 Å². The zero-order valence-corrected chi connectivity index (χ0v) is 6.87. The van der Waals surface area contributed by atoms with E-state index in [4.69, 9.17) is 23.2 Å². The lowest BCUT2D eigenvalue weighted by atomic mass is 10.1. The molecule has 0 aromatic carbocycles.